The van der Waals surface area contributed by atoms with Gasteiger partial charge in [0.2, 0.25) is 0 Å². The fourth-order valence-corrected chi connectivity index (χ4v) is 1.96. The highest BCUT2D eigenvalue weighted by Gasteiger charge is 2.25. The second-order valence-electron chi connectivity index (χ2n) is 4.92. The van der Waals surface area contributed by atoms with Crippen LogP contribution in [-0.4, -0.2) is 23.9 Å². The third-order valence-corrected chi connectivity index (χ3v) is 3.21. The van der Waals surface area contributed by atoms with Crippen molar-refractivity contribution in [1.29, 1.82) is 0 Å². The number of halogens is 4. The van der Waals surface area contributed by atoms with E-state index in [1.54, 1.807) is 30.3 Å². The minimum Gasteiger partial charge on any atom is -0.506 e. The molecule has 0 aromatic heterocycles. The molecular weight excluding hydrogens is 354 g/mol. The van der Waals surface area contributed by atoms with Crippen LogP contribution in [0, 0.1) is 23.3 Å². The van der Waals surface area contributed by atoms with Crippen molar-refractivity contribution in [3.8, 4) is 0 Å². The number of aliphatic hydroxyl groups is 1. The van der Waals surface area contributed by atoms with Crippen molar-refractivity contribution in [3.63, 3.8) is 0 Å². The van der Waals surface area contributed by atoms with Gasteiger partial charge >= 0.3 is 5.97 Å². The summed E-state index contributed by atoms with van der Waals surface area (Å²) in [6.45, 7) is 1.40. The minimum absolute atomic E-state index is 0.0799. The van der Waals surface area contributed by atoms with Crippen LogP contribution in [-0.2, 0) is 9.53 Å². The van der Waals surface area contributed by atoms with Crippen LogP contribution < -0.4 is 0 Å². The predicted octanol–water partition coefficient (Wildman–Crippen LogP) is 4.48. The van der Waals surface area contributed by atoms with Gasteiger partial charge in [-0.05, 0) is 25.1 Å². The van der Waals surface area contributed by atoms with Gasteiger partial charge in [-0.3, -0.25) is 4.99 Å². The lowest BCUT2D eigenvalue weighted by Gasteiger charge is -2.09. The van der Waals surface area contributed by atoms with Crippen LogP contribution in [0.4, 0.5) is 23.2 Å². The summed E-state index contributed by atoms with van der Waals surface area (Å²) >= 11 is 0. The smallest absolute Gasteiger partial charge is 0.343 e. The van der Waals surface area contributed by atoms with E-state index < -0.39 is 46.1 Å². The SMILES string of the molecule is CCOC(=O)C(C=Nc1ccccc1)=C(O)c1cc(F)c(F)c(F)c1F. The van der Waals surface area contributed by atoms with Gasteiger partial charge < -0.3 is 9.84 Å². The summed E-state index contributed by atoms with van der Waals surface area (Å²) in [6, 6.07) is 8.42. The van der Waals surface area contributed by atoms with Gasteiger partial charge in [0, 0.05) is 6.21 Å². The van der Waals surface area contributed by atoms with Gasteiger partial charge in [-0.1, -0.05) is 18.2 Å². The molecule has 0 saturated carbocycles. The first-order chi connectivity index (χ1) is 12.4. The summed E-state index contributed by atoms with van der Waals surface area (Å²) in [5.74, 6) is -9.97. The zero-order valence-corrected chi connectivity index (χ0v) is 13.5. The number of carbonyl (C=O) groups excluding carboxylic acids is 1. The number of ether oxygens (including phenoxy) is 1. The molecule has 0 atom stereocenters. The highest BCUT2D eigenvalue weighted by atomic mass is 19.2. The Kier molecular flexibility index (Phi) is 6.11. The lowest BCUT2D eigenvalue weighted by Crippen LogP contribution is -2.12. The lowest BCUT2D eigenvalue weighted by atomic mass is 10.1. The second-order valence-corrected chi connectivity index (χ2v) is 4.92. The van der Waals surface area contributed by atoms with E-state index in [0.717, 1.165) is 6.21 Å². The lowest BCUT2D eigenvalue weighted by molar-refractivity contribution is -0.137. The maximum Gasteiger partial charge on any atom is 0.343 e. The molecule has 0 amide bonds. The molecule has 2 rings (SSSR count). The first kappa shape index (κ1) is 19.2. The monoisotopic (exact) mass is 367 g/mol. The van der Waals surface area contributed by atoms with Gasteiger partial charge in [-0.15, -0.1) is 0 Å². The first-order valence-electron chi connectivity index (χ1n) is 7.39. The Bertz CT molecular complexity index is 880. The average Bonchev–Trinajstić information content (AvgIpc) is 2.64. The summed E-state index contributed by atoms with van der Waals surface area (Å²) in [4.78, 5) is 15.9. The topological polar surface area (TPSA) is 58.9 Å². The molecule has 136 valence electrons. The number of aliphatic imine (C=N–C) groups is 1. The Morgan fingerprint density at radius 1 is 1.12 bits per heavy atom. The Balaban J connectivity index is 2.59. The molecule has 2 aromatic rings. The Labute approximate surface area is 146 Å². The van der Waals surface area contributed by atoms with Crippen LogP contribution >= 0.6 is 0 Å². The molecule has 8 heteroatoms. The van der Waals surface area contributed by atoms with Crippen LogP contribution in [0.5, 0.6) is 0 Å². The zero-order chi connectivity index (χ0) is 19.3. The van der Waals surface area contributed by atoms with Gasteiger partial charge in [0.15, 0.2) is 23.3 Å². The van der Waals surface area contributed by atoms with Crippen LogP contribution in [0.1, 0.15) is 12.5 Å². The molecule has 4 nitrogen and oxygen atoms in total. The Hall–Kier alpha value is -3.16. The van der Waals surface area contributed by atoms with Crippen molar-refractivity contribution >= 4 is 23.6 Å². The number of nitrogens with zero attached hydrogens (tertiary/aromatic N) is 1. The number of hydrogen-bond acceptors (Lipinski definition) is 4. The Morgan fingerprint density at radius 2 is 1.77 bits per heavy atom. The molecular formula is C18H13F4NO3. The largest absolute Gasteiger partial charge is 0.506 e. The maximum atomic E-state index is 13.9. The minimum atomic E-state index is -2.12. The van der Waals surface area contributed by atoms with Crippen LogP contribution in [0.3, 0.4) is 0 Å². The van der Waals surface area contributed by atoms with Crippen molar-refractivity contribution in [3.05, 3.63) is 70.8 Å². The van der Waals surface area contributed by atoms with Crippen molar-refractivity contribution in [1.82, 2.24) is 0 Å². The molecule has 0 radical (unpaired) electrons. The number of aliphatic hydroxyl groups excluding tert-OH is 1. The molecule has 0 aliphatic heterocycles. The first-order valence-corrected chi connectivity index (χ1v) is 7.39. The third kappa shape index (κ3) is 4.08. The van der Waals surface area contributed by atoms with E-state index in [1.165, 1.54) is 6.92 Å². The maximum absolute atomic E-state index is 13.9. The predicted molar refractivity (Wildman–Crippen MR) is 87.0 cm³/mol. The summed E-state index contributed by atoms with van der Waals surface area (Å²) in [6.07, 6.45) is 0.862. The molecule has 0 spiro atoms. The van der Waals surface area contributed by atoms with E-state index in [4.69, 9.17) is 4.74 Å². The van der Waals surface area contributed by atoms with Gasteiger partial charge in [0.1, 0.15) is 11.3 Å². The van der Waals surface area contributed by atoms with Gasteiger partial charge in [0.05, 0.1) is 17.9 Å². The van der Waals surface area contributed by atoms with Gasteiger partial charge in [-0.2, -0.15) is 0 Å². The zero-order valence-electron chi connectivity index (χ0n) is 13.5. The fraction of sp³-hybridized carbons (Fsp3) is 0.111. The molecule has 0 bridgehead atoms. The number of benzene rings is 2. The highest BCUT2D eigenvalue weighted by Crippen LogP contribution is 2.25. The molecule has 26 heavy (non-hydrogen) atoms. The van der Waals surface area contributed by atoms with E-state index in [9.17, 15) is 27.5 Å². The normalized spacial score (nSPS) is 12.2. The molecule has 2 aromatic carbocycles. The molecule has 0 heterocycles. The quantitative estimate of drug-likeness (QED) is 0.161. The number of esters is 1. The second kappa shape index (κ2) is 8.28. The summed E-state index contributed by atoms with van der Waals surface area (Å²) in [7, 11) is 0. The molecule has 0 aliphatic carbocycles. The molecule has 0 fully saturated rings. The molecule has 0 unspecified atom stereocenters. The van der Waals surface area contributed by atoms with Crippen molar-refractivity contribution in [2.75, 3.05) is 6.61 Å². The van der Waals surface area contributed by atoms with Gasteiger partial charge in [0.25, 0.3) is 0 Å². The number of carbonyl (C=O) groups is 1. The van der Waals surface area contributed by atoms with Crippen LogP contribution in [0.25, 0.3) is 5.76 Å². The standard InChI is InChI=1S/C18H13F4NO3/c1-2-26-18(25)12(9-23-10-6-4-3-5-7-10)17(24)11-8-13(19)15(21)16(22)14(11)20/h3-9,24H,2H2,1H3. The average molecular weight is 367 g/mol. The number of para-hydroxylation sites is 1. The summed E-state index contributed by atoms with van der Waals surface area (Å²) in [5, 5.41) is 10.2. The van der Waals surface area contributed by atoms with Crippen LogP contribution in [0.2, 0.25) is 0 Å². The highest BCUT2D eigenvalue weighted by molar-refractivity contribution is 6.15. The molecule has 0 aliphatic rings. The van der Waals surface area contributed by atoms with E-state index >= 15 is 0 Å². The van der Waals surface area contributed by atoms with Crippen molar-refractivity contribution < 1.29 is 32.2 Å². The van der Waals surface area contributed by atoms with E-state index in [-0.39, 0.29) is 12.7 Å². The summed E-state index contributed by atoms with van der Waals surface area (Å²) < 4.78 is 58.5. The van der Waals surface area contributed by atoms with Crippen molar-refractivity contribution in [2.24, 2.45) is 4.99 Å². The van der Waals surface area contributed by atoms with E-state index in [2.05, 4.69) is 4.99 Å². The fourth-order valence-electron chi connectivity index (χ4n) is 1.96. The van der Waals surface area contributed by atoms with Crippen LogP contribution in [0.15, 0.2) is 47.0 Å². The third-order valence-electron chi connectivity index (χ3n) is 3.21. The van der Waals surface area contributed by atoms with Gasteiger partial charge in [-0.25, -0.2) is 22.4 Å². The summed E-state index contributed by atoms with van der Waals surface area (Å²) in [5.41, 5.74) is -1.30. The molecule has 1 N–H and O–H groups in total. The van der Waals surface area contributed by atoms with Crippen molar-refractivity contribution in [2.45, 2.75) is 6.92 Å². The van der Waals surface area contributed by atoms with E-state index in [1.807, 2.05) is 0 Å². The van der Waals surface area contributed by atoms with E-state index in [0.29, 0.717) is 5.69 Å². The Morgan fingerprint density at radius 3 is 2.38 bits per heavy atom. The number of rotatable bonds is 5. The molecule has 0 saturated heterocycles. The number of hydrogen-bond donors (Lipinski definition) is 1.